The van der Waals surface area contributed by atoms with E-state index in [1.165, 1.54) is 33.3 Å². The van der Waals surface area contributed by atoms with Gasteiger partial charge in [-0.15, -0.1) is 24.0 Å². The van der Waals surface area contributed by atoms with Gasteiger partial charge in [0.2, 0.25) is 0 Å². The first-order valence-electron chi connectivity index (χ1n) is 9.58. The minimum Gasteiger partial charge on any atom is -0.361 e. The molecule has 152 valence electrons. The molecule has 0 aliphatic rings. The topological polar surface area (TPSA) is 70.0 Å². The Labute approximate surface area is 184 Å². The first kappa shape index (κ1) is 22.3. The molecule has 0 saturated carbocycles. The molecule has 0 radical (unpaired) electrons. The maximum Gasteiger partial charge on any atom is 0.191 e. The van der Waals surface area contributed by atoms with Crippen LogP contribution in [0.25, 0.3) is 10.9 Å². The Kier molecular flexibility index (Phi) is 7.91. The Morgan fingerprint density at radius 2 is 2.00 bits per heavy atom. The summed E-state index contributed by atoms with van der Waals surface area (Å²) in [6.07, 6.45) is 3.06. The third kappa shape index (κ3) is 4.87. The van der Waals surface area contributed by atoms with Gasteiger partial charge in [0.1, 0.15) is 0 Å². The van der Waals surface area contributed by atoms with Crippen LogP contribution in [0, 0.1) is 20.8 Å². The van der Waals surface area contributed by atoms with Crippen molar-refractivity contribution in [1.29, 1.82) is 0 Å². The second-order valence-electron chi connectivity index (χ2n) is 6.96. The van der Waals surface area contributed by atoms with E-state index in [-0.39, 0.29) is 24.0 Å². The average molecular weight is 494 g/mol. The van der Waals surface area contributed by atoms with Crippen LogP contribution >= 0.6 is 24.0 Å². The van der Waals surface area contributed by atoms with Gasteiger partial charge in [-0.2, -0.15) is 5.10 Å². The van der Waals surface area contributed by atoms with Crippen molar-refractivity contribution in [2.75, 3.05) is 13.1 Å². The zero-order chi connectivity index (χ0) is 19.4. The van der Waals surface area contributed by atoms with Crippen LogP contribution in [-0.2, 0) is 20.0 Å². The van der Waals surface area contributed by atoms with Crippen molar-refractivity contribution in [2.45, 2.75) is 40.7 Å². The van der Waals surface area contributed by atoms with Gasteiger partial charge < -0.3 is 15.6 Å². The zero-order valence-electron chi connectivity index (χ0n) is 17.4. The van der Waals surface area contributed by atoms with Crippen molar-refractivity contribution in [3.8, 4) is 0 Å². The molecule has 0 saturated heterocycles. The highest BCUT2D eigenvalue weighted by Crippen LogP contribution is 2.22. The molecule has 7 heteroatoms. The number of H-pyrrole nitrogens is 1. The predicted molar refractivity (Wildman–Crippen MR) is 128 cm³/mol. The Balaban J connectivity index is 0.00000280. The first-order valence-corrected chi connectivity index (χ1v) is 9.58. The van der Waals surface area contributed by atoms with E-state index in [1.807, 2.05) is 18.7 Å². The second-order valence-corrected chi connectivity index (χ2v) is 6.96. The van der Waals surface area contributed by atoms with E-state index in [0.717, 1.165) is 31.2 Å². The number of aryl methyl sites for hydroxylation is 3. The van der Waals surface area contributed by atoms with Gasteiger partial charge in [-0.3, -0.25) is 4.68 Å². The molecule has 2 aromatic heterocycles. The van der Waals surface area contributed by atoms with E-state index in [4.69, 9.17) is 4.99 Å². The number of aliphatic imine (C=N–C) groups is 1. The summed E-state index contributed by atoms with van der Waals surface area (Å²) in [4.78, 5) is 8.12. The summed E-state index contributed by atoms with van der Waals surface area (Å²) in [6.45, 7) is 10.7. The molecule has 0 fully saturated rings. The van der Waals surface area contributed by atoms with Crippen LogP contribution in [0.1, 0.15) is 35.0 Å². The molecule has 28 heavy (non-hydrogen) atoms. The van der Waals surface area contributed by atoms with E-state index in [1.54, 1.807) is 0 Å². The minimum absolute atomic E-state index is 0. The van der Waals surface area contributed by atoms with Crippen molar-refractivity contribution in [2.24, 2.45) is 12.0 Å². The van der Waals surface area contributed by atoms with Crippen molar-refractivity contribution >= 4 is 40.8 Å². The zero-order valence-corrected chi connectivity index (χ0v) is 19.7. The van der Waals surface area contributed by atoms with E-state index in [2.05, 4.69) is 65.9 Å². The number of hydrogen-bond acceptors (Lipinski definition) is 2. The Hall–Kier alpha value is -2.03. The van der Waals surface area contributed by atoms with Gasteiger partial charge in [0.25, 0.3) is 0 Å². The highest BCUT2D eigenvalue weighted by molar-refractivity contribution is 14.0. The summed E-state index contributed by atoms with van der Waals surface area (Å²) in [5.74, 6) is 0.844. The number of guanidine groups is 1. The van der Waals surface area contributed by atoms with E-state index in [9.17, 15) is 0 Å². The van der Waals surface area contributed by atoms with Crippen LogP contribution in [0.15, 0.2) is 29.4 Å². The molecule has 6 nitrogen and oxygen atoms in total. The monoisotopic (exact) mass is 494 g/mol. The fourth-order valence-electron chi connectivity index (χ4n) is 3.51. The Morgan fingerprint density at radius 1 is 1.21 bits per heavy atom. The lowest BCUT2D eigenvalue weighted by molar-refractivity contribution is 0.730. The number of rotatable bonds is 6. The summed E-state index contributed by atoms with van der Waals surface area (Å²) in [6, 6.07) is 6.38. The average Bonchev–Trinajstić information content (AvgIpc) is 3.15. The summed E-state index contributed by atoms with van der Waals surface area (Å²) in [7, 11) is 1.97. The van der Waals surface area contributed by atoms with Gasteiger partial charge in [-0.1, -0.05) is 12.1 Å². The molecule has 0 unspecified atom stereocenters. The predicted octanol–water partition coefficient (Wildman–Crippen LogP) is 3.74. The lowest BCUT2D eigenvalue weighted by Gasteiger charge is -2.11. The van der Waals surface area contributed by atoms with E-state index in [0.29, 0.717) is 6.54 Å². The molecule has 1 aromatic carbocycles. The molecule has 0 amide bonds. The molecule has 0 aliphatic carbocycles. The van der Waals surface area contributed by atoms with Crippen LogP contribution in [0.5, 0.6) is 0 Å². The third-order valence-electron chi connectivity index (χ3n) is 5.08. The molecule has 3 N–H and O–H groups in total. The summed E-state index contributed by atoms with van der Waals surface area (Å²) in [5.41, 5.74) is 7.26. The van der Waals surface area contributed by atoms with Crippen LogP contribution in [0.4, 0.5) is 0 Å². The SMILES string of the molecule is CCNC(=NCc1c(C)nn(C)c1C)NCCc1c[nH]c2cccc(C)c12.I. The number of aromatic amines is 1. The molecule has 0 aliphatic heterocycles. The van der Waals surface area contributed by atoms with Crippen LogP contribution in [-0.4, -0.2) is 33.8 Å². The molecule has 3 aromatic rings. The van der Waals surface area contributed by atoms with Gasteiger partial charge >= 0.3 is 0 Å². The largest absolute Gasteiger partial charge is 0.361 e. The lowest BCUT2D eigenvalue weighted by atomic mass is 10.1. The van der Waals surface area contributed by atoms with Gasteiger partial charge in [0.15, 0.2) is 5.96 Å². The third-order valence-corrected chi connectivity index (χ3v) is 5.08. The maximum atomic E-state index is 4.75. The fraction of sp³-hybridized carbons (Fsp3) is 0.429. The van der Waals surface area contributed by atoms with Crippen molar-refractivity contribution < 1.29 is 0 Å². The standard InChI is InChI=1S/C21H30N6.HI/c1-6-22-21(25-13-18-15(3)26-27(5)16(18)4)23-11-10-17-12-24-19-9-7-8-14(2)20(17)19;/h7-9,12,24H,6,10-11,13H2,1-5H3,(H2,22,23,25);1H. The number of nitrogens with one attached hydrogen (secondary N) is 3. The maximum absolute atomic E-state index is 4.75. The summed E-state index contributed by atoms with van der Waals surface area (Å²) < 4.78 is 1.92. The van der Waals surface area contributed by atoms with Gasteiger partial charge in [-0.05, 0) is 51.3 Å². The quantitative estimate of drug-likeness (QED) is 0.278. The van der Waals surface area contributed by atoms with Crippen molar-refractivity contribution in [3.05, 3.63) is 52.5 Å². The molecular formula is C21H31IN6. The Morgan fingerprint density at radius 3 is 2.68 bits per heavy atom. The summed E-state index contributed by atoms with van der Waals surface area (Å²) in [5, 5.41) is 12.6. The summed E-state index contributed by atoms with van der Waals surface area (Å²) >= 11 is 0. The van der Waals surface area contributed by atoms with Crippen LogP contribution < -0.4 is 10.6 Å². The first-order chi connectivity index (χ1) is 13.0. The molecule has 2 heterocycles. The molecule has 3 rings (SSSR count). The number of nitrogens with zero attached hydrogens (tertiary/aromatic N) is 3. The van der Waals surface area contributed by atoms with Crippen LogP contribution in [0.2, 0.25) is 0 Å². The van der Waals surface area contributed by atoms with Crippen molar-refractivity contribution in [3.63, 3.8) is 0 Å². The lowest BCUT2D eigenvalue weighted by Crippen LogP contribution is -2.38. The minimum atomic E-state index is 0. The second kappa shape index (κ2) is 9.95. The Bertz CT molecular complexity index is 953. The van der Waals surface area contributed by atoms with Gasteiger partial charge in [0.05, 0.1) is 12.2 Å². The molecular weight excluding hydrogens is 463 g/mol. The smallest absolute Gasteiger partial charge is 0.191 e. The normalized spacial score (nSPS) is 11.5. The molecule has 0 spiro atoms. The fourth-order valence-corrected chi connectivity index (χ4v) is 3.51. The number of halogens is 1. The van der Waals surface area contributed by atoms with Crippen molar-refractivity contribution in [1.82, 2.24) is 25.4 Å². The number of aromatic nitrogens is 3. The van der Waals surface area contributed by atoms with Crippen LogP contribution in [0.3, 0.4) is 0 Å². The highest BCUT2D eigenvalue weighted by Gasteiger charge is 2.09. The van der Waals surface area contributed by atoms with Gasteiger partial charge in [0, 0.05) is 48.5 Å². The van der Waals surface area contributed by atoms with E-state index < -0.39 is 0 Å². The van der Waals surface area contributed by atoms with Gasteiger partial charge in [-0.25, -0.2) is 4.99 Å². The number of benzene rings is 1. The molecule has 0 bridgehead atoms. The molecule has 0 atom stereocenters. The highest BCUT2D eigenvalue weighted by atomic mass is 127. The van der Waals surface area contributed by atoms with E-state index >= 15 is 0 Å². The number of hydrogen-bond donors (Lipinski definition) is 3. The number of fused-ring (bicyclic) bond motifs is 1.